The summed E-state index contributed by atoms with van der Waals surface area (Å²) >= 11 is 0. The molecule has 4 nitrogen and oxygen atoms in total. The highest BCUT2D eigenvalue weighted by Crippen LogP contribution is 2.09. The molecule has 6 heteroatoms. The fourth-order valence-electron chi connectivity index (χ4n) is 0.857. The van der Waals surface area contributed by atoms with Gasteiger partial charge in [0.2, 0.25) is 0 Å². The van der Waals surface area contributed by atoms with Crippen LogP contribution >= 0.6 is 0 Å². The molecule has 0 fully saturated rings. The van der Waals surface area contributed by atoms with Crippen LogP contribution in [0.15, 0.2) is 23.3 Å². The van der Waals surface area contributed by atoms with E-state index in [1.54, 1.807) is 0 Å². The summed E-state index contributed by atoms with van der Waals surface area (Å²) in [6.07, 6.45) is 0. The number of Topliss-reactive ketones (excluding diaryl/α,β-unsaturated/α-hetero) is 1. The second kappa shape index (κ2) is 4.34. The summed E-state index contributed by atoms with van der Waals surface area (Å²) in [5, 5.41) is 3.02. The van der Waals surface area contributed by atoms with E-state index in [1.807, 2.05) is 0 Å². The van der Waals surface area contributed by atoms with Gasteiger partial charge >= 0.3 is 0 Å². The van der Waals surface area contributed by atoms with Crippen molar-refractivity contribution in [2.24, 2.45) is 5.11 Å². The average molecular weight is 197 g/mol. The Bertz CT molecular complexity index is 413. The number of benzene rings is 1. The van der Waals surface area contributed by atoms with Gasteiger partial charge in [-0.2, -0.15) is 0 Å². The number of carbonyl (C=O) groups excluding carboxylic acids is 1. The van der Waals surface area contributed by atoms with Gasteiger partial charge in [0.15, 0.2) is 17.4 Å². The predicted octanol–water partition coefficient (Wildman–Crippen LogP) is 2.46. The van der Waals surface area contributed by atoms with Gasteiger partial charge in [-0.05, 0) is 23.7 Å². The van der Waals surface area contributed by atoms with E-state index in [-0.39, 0.29) is 5.56 Å². The molecular formula is C8H5F2N3O. The lowest BCUT2D eigenvalue weighted by Crippen LogP contribution is -2.03. The van der Waals surface area contributed by atoms with Gasteiger partial charge in [0, 0.05) is 10.5 Å². The van der Waals surface area contributed by atoms with Gasteiger partial charge < -0.3 is 0 Å². The standard InChI is InChI=1S/C8H5F2N3O/c9-6-2-1-5(3-7(6)10)8(14)4-12-13-11/h1-3H,4H2. The summed E-state index contributed by atoms with van der Waals surface area (Å²) < 4.78 is 25.1. The summed E-state index contributed by atoms with van der Waals surface area (Å²) in [6.45, 7) is -0.401. The van der Waals surface area contributed by atoms with Crippen molar-refractivity contribution in [3.8, 4) is 0 Å². The average Bonchev–Trinajstić information content (AvgIpc) is 2.18. The molecule has 1 aromatic carbocycles. The van der Waals surface area contributed by atoms with Crippen LogP contribution in [0.2, 0.25) is 0 Å². The summed E-state index contributed by atoms with van der Waals surface area (Å²) in [6, 6.07) is 2.75. The first-order chi connectivity index (χ1) is 6.65. The molecular weight excluding hydrogens is 192 g/mol. The van der Waals surface area contributed by atoms with Gasteiger partial charge in [-0.25, -0.2) is 8.78 Å². The third-order valence-corrected chi connectivity index (χ3v) is 1.52. The number of rotatable bonds is 3. The first-order valence-corrected chi connectivity index (χ1v) is 3.64. The van der Waals surface area contributed by atoms with Crippen LogP contribution in [0, 0.1) is 11.6 Å². The van der Waals surface area contributed by atoms with E-state index in [0.717, 1.165) is 18.2 Å². The van der Waals surface area contributed by atoms with E-state index in [0.29, 0.717) is 0 Å². The molecule has 1 aromatic rings. The maximum absolute atomic E-state index is 12.6. The van der Waals surface area contributed by atoms with Crippen LogP contribution in [-0.2, 0) is 0 Å². The Hall–Kier alpha value is -1.94. The van der Waals surface area contributed by atoms with Gasteiger partial charge in [0.25, 0.3) is 0 Å². The number of azide groups is 1. The zero-order chi connectivity index (χ0) is 10.6. The number of hydrogen-bond acceptors (Lipinski definition) is 2. The first kappa shape index (κ1) is 10.1. The third-order valence-electron chi connectivity index (χ3n) is 1.52. The molecule has 0 aliphatic carbocycles. The topological polar surface area (TPSA) is 65.8 Å². The van der Waals surface area contributed by atoms with Crippen LogP contribution in [0.25, 0.3) is 10.4 Å². The number of halogens is 2. The second-order valence-corrected chi connectivity index (χ2v) is 2.44. The summed E-state index contributed by atoms with van der Waals surface area (Å²) in [5.74, 6) is -2.68. The van der Waals surface area contributed by atoms with E-state index in [9.17, 15) is 13.6 Å². The zero-order valence-corrected chi connectivity index (χ0v) is 6.94. The van der Waals surface area contributed by atoms with Crippen LogP contribution in [0.4, 0.5) is 8.78 Å². The Labute approximate surface area is 77.8 Å². The molecule has 72 valence electrons. The normalized spacial score (nSPS) is 9.29. The Morgan fingerprint density at radius 2 is 2.14 bits per heavy atom. The Balaban J connectivity index is 2.91. The van der Waals surface area contributed by atoms with Crippen LogP contribution in [0.1, 0.15) is 10.4 Å². The van der Waals surface area contributed by atoms with Crippen molar-refractivity contribution in [3.05, 3.63) is 45.8 Å². The quantitative estimate of drug-likeness (QED) is 0.317. The fraction of sp³-hybridized carbons (Fsp3) is 0.125. The van der Waals surface area contributed by atoms with E-state index < -0.39 is 24.0 Å². The van der Waals surface area contributed by atoms with Gasteiger partial charge in [-0.15, -0.1) is 0 Å². The van der Waals surface area contributed by atoms with Crippen molar-refractivity contribution in [1.82, 2.24) is 0 Å². The maximum Gasteiger partial charge on any atom is 0.168 e. The lowest BCUT2D eigenvalue weighted by Gasteiger charge is -1.97. The lowest BCUT2D eigenvalue weighted by atomic mass is 10.1. The molecule has 0 saturated carbocycles. The van der Waals surface area contributed by atoms with Crippen LogP contribution < -0.4 is 0 Å². The molecule has 0 aliphatic rings. The van der Waals surface area contributed by atoms with Crippen molar-refractivity contribution in [1.29, 1.82) is 0 Å². The van der Waals surface area contributed by atoms with Crippen molar-refractivity contribution in [2.45, 2.75) is 0 Å². The monoisotopic (exact) mass is 197 g/mol. The van der Waals surface area contributed by atoms with E-state index in [1.165, 1.54) is 0 Å². The molecule has 0 N–H and O–H groups in total. The minimum atomic E-state index is -1.10. The van der Waals surface area contributed by atoms with Crippen LogP contribution in [-0.4, -0.2) is 12.3 Å². The molecule has 0 amide bonds. The van der Waals surface area contributed by atoms with Crippen molar-refractivity contribution >= 4 is 5.78 Å². The molecule has 0 bridgehead atoms. The molecule has 0 aromatic heterocycles. The van der Waals surface area contributed by atoms with Gasteiger partial charge in [0.05, 0.1) is 6.54 Å². The summed E-state index contributed by atoms with van der Waals surface area (Å²) in [4.78, 5) is 13.5. The molecule has 14 heavy (non-hydrogen) atoms. The number of hydrogen-bond donors (Lipinski definition) is 0. The van der Waals surface area contributed by atoms with Crippen molar-refractivity contribution < 1.29 is 13.6 Å². The van der Waals surface area contributed by atoms with Crippen molar-refractivity contribution in [3.63, 3.8) is 0 Å². The van der Waals surface area contributed by atoms with Gasteiger partial charge in [-0.1, -0.05) is 5.11 Å². The van der Waals surface area contributed by atoms with Crippen LogP contribution in [0.3, 0.4) is 0 Å². The van der Waals surface area contributed by atoms with E-state index in [2.05, 4.69) is 10.0 Å². The Morgan fingerprint density at radius 1 is 1.43 bits per heavy atom. The van der Waals surface area contributed by atoms with E-state index >= 15 is 0 Å². The number of ketones is 1. The molecule has 0 saturated heterocycles. The molecule has 0 unspecified atom stereocenters. The number of nitrogens with zero attached hydrogens (tertiary/aromatic N) is 3. The molecule has 0 aliphatic heterocycles. The van der Waals surface area contributed by atoms with Gasteiger partial charge in [0.1, 0.15) is 0 Å². The first-order valence-electron chi connectivity index (χ1n) is 3.64. The highest BCUT2D eigenvalue weighted by atomic mass is 19.2. The summed E-state index contributed by atoms with van der Waals surface area (Å²) in [7, 11) is 0. The smallest absolute Gasteiger partial charge is 0.168 e. The third kappa shape index (κ3) is 2.27. The summed E-state index contributed by atoms with van der Waals surface area (Å²) in [5.41, 5.74) is 7.92. The molecule has 0 radical (unpaired) electrons. The molecule has 1 rings (SSSR count). The SMILES string of the molecule is [N-]=[N+]=NCC(=O)c1ccc(F)c(F)c1. The highest BCUT2D eigenvalue weighted by molar-refractivity contribution is 5.97. The minimum absolute atomic E-state index is 0.0173. The minimum Gasteiger partial charge on any atom is -0.294 e. The molecule has 0 atom stereocenters. The largest absolute Gasteiger partial charge is 0.294 e. The molecule has 0 heterocycles. The zero-order valence-electron chi connectivity index (χ0n) is 6.94. The fourth-order valence-corrected chi connectivity index (χ4v) is 0.857. The Kier molecular flexibility index (Phi) is 3.14. The predicted molar refractivity (Wildman–Crippen MR) is 44.7 cm³/mol. The van der Waals surface area contributed by atoms with Crippen LogP contribution in [0.5, 0.6) is 0 Å². The lowest BCUT2D eigenvalue weighted by molar-refractivity contribution is 0.100. The Morgan fingerprint density at radius 3 is 2.71 bits per heavy atom. The van der Waals surface area contributed by atoms with Crippen molar-refractivity contribution in [2.75, 3.05) is 6.54 Å². The molecule has 0 spiro atoms. The van der Waals surface area contributed by atoms with Gasteiger partial charge in [-0.3, -0.25) is 4.79 Å². The highest BCUT2D eigenvalue weighted by Gasteiger charge is 2.08. The second-order valence-electron chi connectivity index (χ2n) is 2.44. The maximum atomic E-state index is 12.6. The number of carbonyl (C=O) groups is 1. The van der Waals surface area contributed by atoms with E-state index in [4.69, 9.17) is 5.53 Å².